The normalized spacial score (nSPS) is 10.4. The third-order valence-electron chi connectivity index (χ3n) is 3.79. The molecular weight excluding hydrogens is 332 g/mol. The fraction of sp³-hybridized carbons (Fsp3) is 0.200. The number of aryl methyl sites for hydroxylation is 1. The van der Waals surface area contributed by atoms with E-state index in [1.807, 2.05) is 44.2 Å². The molecule has 2 rings (SSSR count). The number of benzene rings is 2. The number of nitrogens with one attached hydrogen (secondary N) is 2. The number of hydrogen-bond acceptors (Lipinski definition) is 4. The van der Waals surface area contributed by atoms with E-state index in [0.29, 0.717) is 11.5 Å². The van der Waals surface area contributed by atoms with E-state index in [2.05, 4.69) is 10.9 Å². The first-order valence-electron chi connectivity index (χ1n) is 8.10. The zero-order chi connectivity index (χ0) is 18.9. The van der Waals surface area contributed by atoms with Gasteiger partial charge in [-0.15, -0.1) is 0 Å². The third kappa shape index (κ3) is 5.37. The van der Waals surface area contributed by atoms with E-state index in [4.69, 9.17) is 9.47 Å². The van der Waals surface area contributed by atoms with Crippen LogP contribution in [0.15, 0.2) is 48.5 Å². The van der Waals surface area contributed by atoms with Crippen LogP contribution in [0.5, 0.6) is 11.5 Å². The first kappa shape index (κ1) is 19.1. The average Bonchev–Trinajstić information content (AvgIpc) is 2.66. The number of carbonyl (C=O) groups is 2. The smallest absolute Gasteiger partial charge is 0.276 e. The highest BCUT2D eigenvalue weighted by atomic mass is 16.5. The van der Waals surface area contributed by atoms with Gasteiger partial charge in [-0.25, -0.2) is 0 Å². The first-order chi connectivity index (χ1) is 12.5. The lowest BCUT2D eigenvalue weighted by Gasteiger charge is -2.11. The Morgan fingerprint density at radius 2 is 1.73 bits per heavy atom. The van der Waals surface area contributed by atoms with Gasteiger partial charge in [-0.1, -0.05) is 30.3 Å². The Balaban J connectivity index is 1.80. The molecule has 0 aromatic heterocycles. The minimum atomic E-state index is -0.462. The molecule has 6 heteroatoms. The molecule has 0 aliphatic heterocycles. The number of rotatable bonds is 6. The van der Waals surface area contributed by atoms with E-state index in [1.54, 1.807) is 25.3 Å². The number of carbonyl (C=O) groups excluding carboxylic acids is 2. The van der Waals surface area contributed by atoms with E-state index in [1.165, 1.54) is 6.08 Å². The second kappa shape index (κ2) is 9.27. The van der Waals surface area contributed by atoms with Gasteiger partial charge in [-0.2, -0.15) is 0 Å². The van der Waals surface area contributed by atoms with Crippen LogP contribution in [-0.4, -0.2) is 25.5 Å². The zero-order valence-electron chi connectivity index (χ0n) is 15.0. The van der Waals surface area contributed by atoms with E-state index in [0.717, 1.165) is 16.7 Å². The van der Waals surface area contributed by atoms with Crippen molar-refractivity contribution in [3.63, 3.8) is 0 Å². The molecule has 26 heavy (non-hydrogen) atoms. The third-order valence-corrected chi connectivity index (χ3v) is 3.79. The van der Waals surface area contributed by atoms with Crippen LogP contribution in [0.4, 0.5) is 0 Å². The Morgan fingerprint density at radius 1 is 1.00 bits per heavy atom. The highest BCUT2D eigenvalue weighted by Gasteiger charge is 2.07. The van der Waals surface area contributed by atoms with Gasteiger partial charge in [0.25, 0.3) is 11.8 Å². The molecule has 2 aromatic rings. The lowest BCUT2D eigenvalue weighted by molar-refractivity contribution is -0.128. The predicted octanol–water partition coefficient (Wildman–Crippen LogP) is 2.55. The first-order valence-corrected chi connectivity index (χ1v) is 8.10. The molecule has 0 bridgehead atoms. The molecule has 0 aliphatic rings. The second-order valence-electron chi connectivity index (χ2n) is 5.60. The summed E-state index contributed by atoms with van der Waals surface area (Å²) in [6.07, 6.45) is 2.91. The Labute approximate surface area is 152 Å². The summed E-state index contributed by atoms with van der Waals surface area (Å²) in [5.41, 5.74) is 7.43. The lowest BCUT2D eigenvalue weighted by atomic mass is 10.1. The summed E-state index contributed by atoms with van der Waals surface area (Å²) in [5, 5.41) is 0. The Kier molecular flexibility index (Phi) is 6.79. The zero-order valence-corrected chi connectivity index (χ0v) is 15.0. The molecule has 0 unspecified atom stereocenters. The molecule has 6 nitrogen and oxygen atoms in total. The number of methoxy groups -OCH3 is 1. The van der Waals surface area contributed by atoms with Gasteiger partial charge in [0, 0.05) is 11.6 Å². The number of amides is 2. The molecule has 136 valence electrons. The largest absolute Gasteiger partial charge is 0.496 e. The molecule has 0 saturated carbocycles. The van der Waals surface area contributed by atoms with Crippen LogP contribution in [0.2, 0.25) is 0 Å². The molecule has 2 amide bonds. The quantitative estimate of drug-likeness (QED) is 0.617. The molecule has 2 N–H and O–H groups in total. The van der Waals surface area contributed by atoms with Gasteiger partial charge in [0.2, 0.25) is 0 Å². The fourth-order valence-electron chi connectivity index (χ4n) is 2.20. The summed E-state index contributed by atoms with van der Waals surface area (Å²) in [7, 11) is 1.56. The molecule has 0 heterocycles. The van der Waals surface area contributed by atoms with Crippen molar-refractivity contribution in [1.82, 2.24) is 10.9 Å². The topological polar surface area (TPSA) is 76.7 Å². The Morgan fingerprint density at radius 3 is 2.50 bits per heavy atom. The molecule has 0 spiro atoms. The van der Waals surface area contributed by atoms with Crippen molar-refractivity contribution in [3.8, 4) is 11.5 Å². The van der Waals surface area contributed by atoms with E-state index in [-0.39, 0.29) is 6.61 Å². The standard InChI is InChI=1S/C20H22N2O4/c1-14-7-6-10-17(15(14)2)26-13-20(24)22-21-19(23)12-11-16-8-4-5-9-18(16)25-3/h4-12H,13H2,1-3H3,(H,21,23)(H,22,24)/b12-11+. The van der Waals surface area contributed by atoms with E-state index in [9.17, 15) is 9.59 Å². The maximum atomic E-state index is 11.8. The summed E-state index contributed by atoms with van der Waals surface area (Å²) in [6, 6.07) is 12.9. The molecule has 0 radical (unpaired) electrons. The summed E-state index contributed by atoms with van der Waals surface area (Å²) in [6.45, 7) is 3.70. The van der Waals surface area contributed by atoms with Crippen LogP contribution in [0.3, 0.4) is 0 Å². The van der Waals surface area contributed by atoms with Gasteiger partial charge in [-0.3, -0.25) is 20.4 Å². The number of hydrazine groups is 1. The van der Waals surface area contributed by atoms with Crippen LogP contribution in [0.25, 0.3) is 6.08 Å². The van der Waals surface area contributed by atoms with E-state index < -0.39 is 11.8 Å². The van der Waals surface area contributed by atoms with Crippen molar-refractivity contribution >= 4 is 17.9 Å². The monoisotopic (exact) mass is 354 g/mol. The molecule has 0 aliphatic carbocycles. The van der Waals surface area contributed by atoms with Gasteiger partial charge < -0.3 is 9.47 Å². The van der Waals surface area contributed by atoms with Crippen molar-refractivity contribution in [1.29, 1.82) is 0 Å². The lowest BCUT2D eigenvalue weighted by Crippen LogP contribution is -2.43. The van der Waals surface area contributed by atoms with Gasteiger partial charge >= 0.3 is 0 Å². The summed E-state index contributed by atoms with van der Waals surface area (Å²) >= 11 is 0. The van der Waals surface area contributed by atoms with Gasteiger partial charge in [-0.05, 0) is 43.2 Å². The van der Waals surface area contributed by atoms with Crippen molar-refractivity contribution in [2.75, 3.05) is 13.7 Å². The maximum absolute atomic E-state index is 11.8. The van der Waals surface area contributed by atoms with Crippen LogP contribution in [0.1, 0.15) is 16.7 Å². The van der Waals surface area contributed by atoms with Gasteiger partial charge in [0.15, 0.2) is 6.61 Å². The second-order valence-corrected chi connectivity index (χ2v) is 5.60. The molecule has 0 saturated heterocycles. The summed E-state index contributed by atoms with van der Waals surface area (Å²) < 4.78 is 10.7. The Hall–Kier alpha value is -3.28. The summed E-state index contributed by atoms with van der Waals surface area (Å²) in [4.78, 5) is 23.6. The SMILES string of the molecule is COc1ccccc1/C=C/C(=O)NNC(=O)COc1cccc(C)c1C. The van der Waals surface area contributed by atoms with Crippen molar-refractivity contribution in [3.05, 3.63) is 65.2 Å². The average molecular weight is 354 g/mol. The minimum Gasteiger partial charge on any atom is -0.496 e. The highest BCUT2D eigenvalue weighted by molar-refractivity contribution is 5.93. The fourth-order valence-corrected chi connectivity index (χ4v) is 2.20. The van der Waals surface area contributed by atoms with Crippen LogP contribution in [0, 0.1) is 13.8 Å². The predicted molar refractivity (Wildman–Crippen MR) is 99.7 cm³/mol. The maximum Gasteiger partial charge on any atom is 0.276 e. The molecule has 0 atom stereocenters. The van der Waals surface area contributed by atoms with Gasteiger partial charge in [0.05, 0.1) is 7.11 Å². The van der Waals surface area contributed by atoms with Crippen molar-refractivity contribution in [2.24, 2.45) is 0 Å². The number of para-hydroxylation sites is 1. The van der Waals surface area contributed by atoms with Crippen LogP contribution >= 0.6 is 0 Å². The number of hydrogen-bond donors (Lipinski definition) is 2. The van der Waals surface area contributed by atoms with E-state index >= 15 is 0 Å². The van der Waals surface area contributed by atoms with Gasteiger partial charge in [0.1, 0.15) is 11.5 Å². The van der Waals surface area contributed by atoms with Crippen molar-refractivity contribution in [2.45, 2.75) is 13.8 Å². The molecular formula is C20H22N2O4. The molecule has 2 aromatic carbocycles. The highest BCUT2D eigenvalue weighted by Crippen LogP contribution is 2.20. The minimum absolute atomic E-state index is 0.194. The van der Waals surface area contributed by atoms with Crippen LogP contribution in [-0.2, 0) is 9.59 Å². The number of ether oxygens (including phenoxy) is 2. The summed E-state index contributed by atoms with van der Waals surface area (Å²) in [5.74, 6) is 0.381. The van der Waals surface area contributed by atoms with Crippen molar-refractivity contribution < 1.29 is 19.1 Å². The molecule has 0 fully saturated rings. The van der Waals surface area contributed by atoms with Crippen LogP contribution < -0.4 is 20.3 Å². The Bertz CT molecular complexity index is 815.